The van der Waals surface area contributed by atoms with Crippen LogP contribution in [0.4, 0.5) is 5.00 Å². The molecule has 0 aliphatic carbocycles. The minimum absolute atomic E-state index is 0.368. The number of carbonyl (C=O) groups is 2. The first-order chi connectivity index (χ1) is 7.58. The fourth-order valence-corrected chi connectivity index (χ4v) is 2.14. The lowest BCUT2D eigenvalue weighted by molar-refractivity contribution is -0.148. The number of rotatable bonds is 4. The molecule has 0 saturated heterocycles. The number of hydrogen-bond donors (Lipinski definition) is 1. The molecule has 0 aromatic carbocycles. The number of hydrogen-bond acceptors (Lipinski definition) is 4. The van der Waals surface area contributed by atoms with Gasteiger partial charge in [-0.1, -0.05) is 18.5 Å². The smallest absolute Gasteiger partial charge is 0.318 e. The van der Waals surface area contributed by atoms with Crippen molar-refractivity contribution in [3.05, 3.63) is 16.5 Å². The second kappa shape index (κ2) is 5.86. The Bertz CT molecular complexity index is 391. The highest BCUT2D eigenvalue weighted by Gasteiger charge is 2.25. The molecule has 1 N–H and O–H groups in total. The van der Waals surface area contributed by atoms with Crippen molar-refractivity contribution < 1.29 is 14.3 Å². The second-order valence-corrected chi connectivity index (χ2v) is 4.79. The number of amides is 1. The Morgan fingerprint density at radius 3 is 2.69 bits per heavy atom. The molecule has 0 bridgehead atoms. The fourth-order valence-electron chi connectivity index (χ4n) is 1.19. The quantitative estimate of drug-likeness (QED) is 0.669. The molecule has 1 aromatic heterocycles. The van der Waals surface area contributed by atoms with E-state index in [1.807, 2.05) is 0 Å². The molecule has 1 heterocycles. The number of ether oxygens (including phenoxy) is 1. The third-order valence-electron chi connectivity index (χ3n) is 2.03. The molecule has 1 unspecified atom stereocenters. The SMILES string of the molecule is CCC(C(=O)Nc1ccc(Cl)s1)C(=O)OC. The summed E-state index contributed by atoms with van der Waals surface area (Å²) in [5.74, 6) is -1.67. The average molecular weight is 262 g/mol. The van der Waals surface area contributed by atoms with Crippen LogP contribution in [0.5, 0.6) is 0 Å². The third-order valence-corrected chi connectivity index (χ3v) is 3.18. The zero-order valence-corrected chi connectivity index (χ0v) is 10.5. The number of methoxy groups -OCH3 is 1. The molecule has 1 rings (SSSR count). The molecule has 1 amide bonds. The van der Waals surface area contributed by atoms with Crippen LogP contribution >= 0.6 is 22.9 Å². The maximum atomic E-state index is 11.7. The van der Waals surface area contributed by atoms with Crippen LogP contribution in [0, 0.1) is 5.92 Å². The van der Waals surface area contributed by atoms with E-state index < -0.39 is 11.9 Å². The first-order valence-electron chi connectivity index (χ1n) is 4.72. The van der Waals surface area contributed by atoms with Gasteiger partial charge >= 0.3 is 5.97 Å². The van der Waals surface area contributed by atoms with Crippen LogP contribution < -0.4 is 5.32 Å². The van der Waals surface area contributed by atoms with Crippen LogP contribution in [0.25, 0.3) is 0 Å². The number of thiophene rings is 1. The Kier molecular flexibility index (Phi) is 4.76. The lowest BCUT2D eigenvalue weighted by Crippen LogP contribution is -2.29. The molecule has 0 aliphatic rings. The Morgan fingerprint density at radius 1 is 1.56 bits per heavy atom. The van der Waals surface area contributed by atoms with Crippen LogP contribution in [0.3, 0.4) is 0 Å². The maximum Gasteiger partial charge on any atom is 0.318 e. The summed E-state index contributed by atoms with van der Waals surface area (Å²) in [5.41, 5.74) is 0. The molecule has 4 nitrogen and oxygen atoms in total. The zero-order chi connectivity index (χ0) is 12.1. The Hall–Kier alpha value is -1.07. The summed E-state index contributed by atoms with van der Waals surface area (Å²) < 4.78 is 5.13. The van der Waals surface area contributed by atoms with Gasteiger partial charge in [0.25, 0.3) is 0 Å². The van der Waals surface area contributed by atoms with Gasteiger partial charge in [0.2, 0.25) is 5.91 Å². The van der Waals surface area contributed by atoms with Crippen molar-refractivity contribution in [2.75, 3.05) is 12.4 Å². The normalized spacial score (nSPS) is 11.9. The molecule has 88 valence electrons. The van der Waals surface area contributed by atoms with Gasteiger partial charge in [0.1, 0.15) is 5.92 Å². The molecule has 0 aliphatic heterocycles. The van der Waals surface area contributed by atoms with Crippen LogP contribution in [0.15, 0.2) is 12.1 Å². The van der Waals surface area contributed by atoms with E-state index in [-0.39, 0.29) is 5.91 Å². The highest BCUT2D eigenvalue weighted by atomic mass is 35.5. The van der Waals surface area contributed by atoms with Crippen molar-refractivity contribution in [2.24, 2.45) is 5.92 Å². The topological polar surface area (TPSA) is 55.4 Å². The molecular formula is C10H12ClNO3S. The fraction of sp³-hybridized carbons (Fsp3) is 0.400. The van der Waals surface area contributed by atoms with Gasteiger partial charge in [0.15, 0.2) is 0 Å². The summed E-state index contributed by atoms with van der Waals surface area (Å²) >= 11 is 6.97. The molecule has 1 aromatic rings. The number of nitrogens with one attached hydrogen (secondary N) is 1. The summed E-state index contributed by atoms with van der Waals surface area (Å²) in [7, 11) is 1.26. The van der Waals surface area contributed by atoms with E-state index in [0.29, 0.717) is 15.8 Å². The van der Waals surface area contributed by atoms with Crippen molar-refractivity contribution >= 4 is 39.8 Å². The van der Waals surface area contributed by atoms with E-state index in [9.17, 15) is 9.59 Å². The minimum atomic E-state index is -0.772. The van der Waals surface area contributed by atoms with Gasteiger partial charge in [0, 0.05) is 0 Å². The molecular weight excluding hydrogens is 250 g/mol. The molecule has 0 saturated carbocycles. The van der Waals surface area contributed by atoms with Gasteiger partial charge < -0.3 is 10.1 Å². The lowest BCUT2D eigenvalue weighted by atomic mass is 10.1. The third kappa shape index (κ3) is 3.21. The van der Waals surface area contributed by atoms with Crippen molar-refractivity contribution in [3.63, 3.8) is 0 Å². The number of anilines is 1. The Labute approximate surface area is 103 Å². The monoisotopic (exact) mass is 261 g/mol. The first kappa shape index (κ1) is 13.0. The van der Waals surface area contributed by atoms with Crippen LogP contribution in [-0.4, -0.2) is 19.0 Å². The van der Waals surface area contributed by atoms with Crippen molar-refractivity contribution in [1.82, 2.24) is 0 Å². The van der Waals surface area contributed by atoms with Gasteiger partial charge in [-0.2, -0.15) is 0 Å². The first-order valence-corrected chi connectivity index (χ1v) is 5.92. The van der Waals surface area contributed by atoms with Crippen molar-refractivity contribution in [1.29, 1.82) is 0 Å². The summed E-state index contributed by atoms with van der Waals surface area (Å²) in [4.78, 5) is 23.0. The van der Waals surface area contributed by atoms with E-state index in [0.717, 1.165) is 0 Å². The van der Waals surface area contributed by atoms with Crippen molar-refractivity contribution in [3.8, 4) is 0 Å². The molecule has 1 atom stereocenters. The lowest BCUT2D eigenvalue weighted by Gasteiger charge is -2.11. The van der Waals surface area contributed by atoms with Gasteiger partial charge in [-0.05, 0) is 18.6 Å². The van der Waals surface area contributed by atoms with E-state index in [2.05, 4.69) is 10.1 Å². The predicted octanol–water partition coefficient (Wildman–Crippen LogP) is 2.54. The minimum Gasteiger partial charge on any atom is -0.468 e. The van der Waals surface area contributed by atoms with E-state index in [1.165, 1.54) is 18.4 Å². The summed E-state index contributed by atoms with van der Waals surface area (Å²) in [6, 6.07) is 3.37. The van der Waals surface area contributed by atoms with Crippen LogP contribution in [0.1, 0.15) is 13.3 Å². The number of esters is 1. The van der Waals surface area contributed by atoms with E-state index in [1.54, 1.807) is 19.1 Å². The summed E-state index contributed by atoms with van der Waals surface area (Å²) in [6.45, 7) is 1.75. The Morgan fingerprint density at radius 2 is 2.25 bits per heavy atom. The standard InChI is InChI=1S/C10H12ClNO3S/c1-3-6(10(14)15-2)9(13)12-8-5-4-7(11)16-8/h4-6H,3H2,1-2H3,(H,12,13). The van der Waals surface area contributed by atoms with Crippen molar-refractivity contribution in [2.45, 2.75) is 13.3 Å². The van der Waals surface area contributed by atoms with Gasteiger partial charge in [-0.25, -0.2) is 0 Å². The molecule has 0 spiro atoms. The summed E-state index contributed by atoms with van der Waals surface area (Å²) in [6.07, 6.45) is 0.400. The van der Waals surface area contributed by atoms with Crippen LogP contribution in [-0.2, 0) is 14.3 Å². The molecule has 16 heavy (non-hydrogen) atoms. The highest BCUT2D eigenvalue weighted by Crippen LogP contribution is 2.26. The molecule has 6 heteroatoms. The number of halogens is 1. The largest absolute Gasteiger partial charge is 0.468 e. The second-order valence-electron chi connectivity index (χ2n) is 3.08. The van der Waals surface area contributed by atoms with Gasteiger partial charge in [-0.15, -0.1) is 11.3 Å². The molecule has 0 fully saturated rings. The van der Waals surface area contributed by atoms with E-state index >= 15 is 0 Å². The molecule has 0 radical (unpaired) electrons. The van der Waals surface area contributed by atoms with Gasteiger partial charge in [0.05, 0.1) is 16.4 Å². The highest BCUT2D eigenvalue weighted by molar-refractivity contribution is 7.20. The Balaban J connectivity index is 2.66. The zero-order valence-electron chi connectivity index (χ0n) is 8.95. The van der Waals surface area contributed by atoms with Gasteiger partial charge in [-0.3, -0.25) is 9.59 Å². The maximum absolute atomic E-state index is 11.7. The van der Waals surface area contributed by atoms with Crippen LogP contribution in [0.2, 0.25) is 4.34 Å². The average Bonchev–Trinajstić information content (AvgIpc) is 2.64. The van der Waals surface area contributed by atoms with E-state index in [4.69, 9.17) is 11.6 Å². The predicted molar refractivity (Wildman–Crippen MR) is 63.8 cm³/mol. The number of carbonyl (C=O) groups excluding carboxylic acids is 2. The summed E-state index contributed by atoms with van der Waals surface area (Å²) in [5, 5.41) is 3.25.